The predicted molar refractivity (Wildman–Crippen MR) is 60.7 cm³/mol. The summed E-state index contributed by atoms with van der Waals surface area (Å²) in [6, 6.07) is 0. The molecule has 0 saturated heterocycles. The van der Waals surface area contributed by atoms with E-state index < -0.39 is 12.1 Å². The molecule has 2 N–H and O–H groups in total. The van der Waals surface area contributed by atoms with Gasteiger partial charge < -0.3 is 10.2 Å². The van der Waals surface area contributed by atoms with Gasteiger partial charge in [0.25, 0.3) is 0 Å². The lowest BCUT2D eigenvalue weighted by Crippen LogP contribution is -2.17. The molecule has 0 fully saturated rings. The smallest absolute Gasteiger partial charge is 0.332 e. The molecule has 1 atom stereocenters. The molecule has 0 radical (unpaired) electrons. The van der Waals surface area contributed by atoms with Crippen LogP contribution in [-0.4, -0.2) is 22.3 Å². The Kier molecular flexibility index (Phi) is 8.78. The van der Waals surface area contributed by atoms with Crippen molar-refractivity contribution < 1.29 is 15.0 Å². The Morgan fingerprint density at radius 1 is 1.20 bits per heavy atom. The highest BCUT2D eigenvalue weighted by molar-refractivity contribution is 5.72. The van der Waals surface area contributed by atoms with Crippen LogP contribution in [0.3, 0.4) is 0 Å². The quantitative estimate of drug-likeness (QED) is 0.456. The number of carboxylic acid groups (broad SMARTS) is 1. The number of aliphatic carboxylic acids is 1. The van der Waals surface area contributed by atoms with Gasteiger partial charge in [0.05, 0.1) is 0 Å². The first-order valence-electron chi connectivity index (χ1n) is 5.35. The minimum Gasteiger partial charge on any atom is -0.479 e. The Hall–Kier alpha value is -1.09. The van der Waals surface area contributed by atoms with E-state index in [2.05, 4.69) is 6.58 Å². The highest BCUT2D eigenvalue weighted by Crippen LogP contribution is 2.04. The molecule has 0 aromatic carbocycles. The third-order valence-electron chi connectivity index (χ3n) is 2.09. The number of rotatable bonds is 9. The molecule has 0 aliphatic carbocycles. The Morgan fingerprint density at radius 3 is 2.47 bits per heavy atom. The summed E-state index contributed by atoms with van der Waals surface area (Å²) in [5.74, 6) is -1.16. The van der Waals surface area contributed by atoms with Gasteiger partial charge in [0.1, 0.15) is 0 Å². The lowest BCUT2D eigenvalue weighted by molar-refractivity contribution is -0.146. The lowest BCUT2D eigenvalue weighted by Gasteiger charge is -1.99. The fraction of sp³-hybridized carbons (Fsp3) is 0.583. The number of carbonyl (C=O) groups is 1. The van der Waals surface area contributed by atoms with Crippen LogP contribution in [-0.2, 0) is 4.79 Å². The number of carboxylic acids is 1. The standard InChI is InChI=1S/C12H20O3/c1-2-3-4-5-6-7-8-9-10-11(13)12(14)15/h2,8-9,11,13H,1,3-7,10H2,(H,14,15). The third kappa shape index (κ3) is 9.22. The Labute approximate surface area is 91.1 Å². The molecular formula is C12H20O3. The highest BCUT2D eigenvalue weighted by Gasteiger charge is 2.09. The van der Waals surface area contributed by atoms with Gasteiger partial charge in [-0.3, -0.25) is 0 Å². The van der Waals surface area contributed by atoms with Crippen LogP contribution in [0.5, 0.6) is 0 Å². The molecule has 0 heterocycles. The fourth-order valence-corrected chi connectivity index (χ4v) is 1.17. The summed E-state index contributed by atoms with van der Waals surface area (Å²) in [5, 5.41) is 17.3. The van der Waals surface area contributed by atoms with Crippen LogP contribution in [0.25, 0.3) is 0 Å². The largest absolute Gasteiger partial charge is 0.479 e. The number of aliphatic hydroxyl groups excluding tert-OH is 1. The van der Waals surface area contributed by atoms with Gasteiger partial charge in [0.15, 0.2) is 6.10 Å². The molecule has 0 rings (SSSR count). The van der Waals surface area contributed by atoms with Gasteiger partial charge in [-0.1, -0.05) is 24.6 Å². The first-order valence-corrected chi connectivity index (χ1v) is 5.35. The number of hydrogen-bond donors (Lipinski definition) is 2. The third-order valence-corrected chi connectivity index (χ3v) is 2.09. The molecule has 3 heteroatoms. The zero-order chi connectivity index (χ0) is 11.5. The van der Waals surface area contributed by atoms with E-state index in [9.17, 15) is 4.79 Å². The Morgan fingerprint density at radius 2 is 1.87 bits per heavy atom. The number of unbranched alkanes of at least 4 members (excludes halogenated alkanes) is 4. The summed E-state index contributed by atoms with van der Waals surface area (Å²) in [5.41, 5.74) is 0. The van der Waals surface area contributed by atoms with Crippen molar-refractivity contribution in [2.24, 2.45) is 0 Å². The molecule has 0 aromatic heterocycles. The second-order valence-corrected chi connectivity index (χ2v) is 3.49. The van der Waals surface area contributed by atoms with Crippen molar-refractivity contribution in [2.75, 3.05) is 0 Å². The molecule has 0 aromatic rings. The van der Waals surface area contributed by atoms with E-state index in [1.54, 1.807) is 6.08 Å². The molecule has 0 bridgehead atoms. The van der Waals surface area contributed by atoms with E-state index in [1.807, 2.05) is 12.2 Å². The fourth-order valence-electron chi connectivity index (χ4n) is 1.17. The normalized spacial score (nSPS) is 12.9. The molecule has 0 aliphatic heterocycles. The molecule has 86 valence electrons. The Bertz CT molecular complexity index is 209. The second kappa shape index (κ2) is 9.46. The summed E-state index contributed by atoms with van der Waals surface area (Å²) in [6.07, 6.45) is 9.95. The second-order valence-electron chi connectivity index (χ2n) is 3.49. The SMILES string of the molecule is C=CCCCCCC=CCC(O)C(=O)O. The van der Waals surface area contributed by atoms with Crippen LogP contribution in [0.4, 0.5) is 0 Å². The number of hydrogen-bond acceptors (Lipinski definition) is 2. The van der Waals surface area contributed by atoms with Crippen molar-refractivity contribution in [2.45, 2.75) is 44.6 Å². The van der Waals surface area contributed by atoms with Crippen molar-refractivity contribution >= 4 is 5.97 Å². The van der Waals surface area contributed by atoms with Crippen LogP contribution >= 0.6 is 0 Å². The summed E-state index contributed by atoms with van der Waals surface area (Å²) < 4.78 is 0. The number of allylic oxidation sites excluding steroid dienone is 2. The average Bonchev–Trinajstić information content (AvgIpc) is 2.21. The zero-order valence-electron chi connectivity index (χ0n) is 9.06. The van der Waals surface area contributed by atoms with Crippen LogP contribution < -0.4 is 0 Å². The topological polar surface area (TPSA) is 57.5 Å². The molecule has 0 amide bonds. The minimum atomic E-state index is -1.26. The van der Waals surface area contributed by atoms with Crippen LogP contribution in [0.1, 0.15) is 38.5 Å². The van der Waals surface area contributed by atoms with Crippen molar-refractivity contribution in [3.05, 3.63) is 24.8 Å². The van der Waals surface area contributed by atoms with Crippen molar-refractivity contribution in [1.29, 1.82) is 0 Å². The minimum absolute atomic E-state index is 0.196. The molecule has 0 saturated carbocycles. The van der Waals surface area contributed by atoms with Gasteiger partial charge in [-0.15, -0.1) is 6.58 Å². The molecular weight excluding hydrogens is 192 g/mol. The summed E-state index contributed by atoms with van der Waals surface area (Å²) >= 11 is 0. The average molecular weight is 212 g/mol. The predicted octanol–water partition coefficient (Wildman–Crippen LogP) is 2.51. The van der Waals surface area contributed by atoms with Gasteiger partial charge >= 0.3 is 5.97 Å². The molecule has 3 nitrogen and oxygen atoms in total. The van der Waals surface area contributed by atoms with Crippen molar-refractivity contribution in [1.82, 2.24) is 0 Å². The lowest BCUT2D eigenvalue weighted by atomic mass is 10.1. The first-order chi connectivity index (χ1) is 7.18. The molecule has 0 aliphatic rings. The zero-order valence-corrected chi connectivity index (χ0v) is 9.06. The van der Waals surface area contributed by atoms with E-state index in [0.717, 1.165) is 32.1 Å². The van der Waals surface area contributed by atoms with Crippen molar-refractivity contribution in [3.63, 3.8) is 0 Å². The van der Waals surface area contributed by atoms with E-state index in [0.29, 0.717) is 0 Å². The van der Waals surface area contributed by atoms with Gasteiger partial charge in [-0.05, 0) is 25.7 Å². The van der Waals surface area contributed by atoms with E-state index >= 15 is 0 Å². The number of aliphatic hydroxyl groups is 1. The first kappa shape index (κ1) is 13.9. The van der Waals surface area contributed by atoms with Crippen molar-refractivity contribution in [3.8, 4) is 0 Å². The summed E-state index contributed by atoms with van der Waals surface area (Å²) in [7, 11) is 0. The Balaban J connectivity index is 3.31. The molecule has 0 spiro atoms. The monoisotopic (exact) mass is 212 g/mol. The van der Waals surface area contributed by atoms with Gasteiger partial charge in [0, 0.05) is 6.42 Å². The maximum atomic E-state index is 10.2. The maximum Gasteiger partial charge on any atom is 0.332 e. The van der Waals surface area contributed by atoms with E-state index in [4.69, 9.17) is 10.2 Å². The van der Waals surface area contributed by atoms with E-state index in [1.165, 1.54) is 0 Å². The van der Waals surface area contributed by atoms with Gasteiger partial charge in [-0.25, -0.2) is 4.79 Å². The maximum absolute atomic E-state index is 10.2. The summed E-state index contributed by atoms with van der Waals surface area (Å²) in [6.45, 7) is 3.65. The van der Waals surface area contributed by atoms with Gasteiger partial charge in [0.2, 0.25) is 0 Å². The van der Waals surface area contributed by atoms with Gasteiger partial charge in [-0.2, -0.15) is 0 Å². The van der Waals surface area contributed by atoms with Crippen LogP contribution in [0, 0.1) is 0 Å². The molecule has 15 heavy (non-hydrogen) atoms. The highest BCUT2D eigenvalue weighted by atomic mass is 16.4. The molecule has 1 unspecified atom stereocenters. The summed E-state index contributed by atoms with van der Waals surface area (Å²) in [4.78, 5) is 10.2. The van der Waals surface area contributed by atoms with Crippen LogP contribution in [0.15, 0.2) is 24.8 Å². The van der Waals surface area contributed by atoms with Crippen LogP contribution in [0.2, 0.25) is 0 Å². The van der Waals surface area contributed by atoms with E-state index in [-0.39, 0.29) is 6.42 Å².